The highest BCUT2D eigenvalue weighted by Crippen LogP contribution is 2.26. The standard InChI is InChI=1S/C18H19FN2O/c19-16-9-5-4-8-14(16)10-18(22)21-11-15(17(20)12-21)13-6-2-1-3-7-13/h1-9,15,17H,10-12,20H2/t15-,17+/m0/s1. The summed E-state index contributed by atoms with van der Waals surface area (Å²) >= 11 is 0. The van der Waals surface area contributed by atoms with Gasteiger partial charge < -0.3 is 10.6 Å². The molecule has 1 amide bonds. The number of hydrogen-bond donors (Lipinski definition) is 1. The smallest absolute Gasteiger partial charge is 0.227 e. The largest absolute Gasteiger partial charge is 0.340 e. The fraction of sp³-hybridized carbons (Fsp3) is 0.278. The van der Waals surface area contributed by atoms with Crippen LogP contribution in [0, 0.1) is 5.82 Å². The average Bonchev–Trinajstić information content (AvgIpc) is 2.92. The quantitative estimate of drug-likeness (QED) is 0.945. The van der Waals surface area contributed by atoms with Gasteiger partial charge in [-0.15, -0.1) is 0 Å². The predicted octanol–water partition coefficient (Wildman–Crippen LogP) is 2.32. The zero-order valence-corrected chi connectivity index (χ0v) is 12.3. The third-order valence-corrected chi connectivity index (χ3v) is 4.25. The lowest BCUT2D eigenvalue weighted by Crippen LogP contribution is -2.33. The molecule has 2 N–H and O–H groups in total. The lowest BCUT2D eigenvalue weighted by molar-refractivity contribution is -0.129. The Kier molecular flexibility index (Phi) is 4.20. The molecule has 0 spiro atoms. The number of halogens is 1. The number of hydrogen-bond acceptors (Lipinski definition) is 2. The van der Waals surface area contributed by atoms with Crippen LogP contribution in [0.25, 0.3) is 0 Å². The zero-order chi connectivity index (χ0) is 15.5. The van der Waals surface area contributed by atoms with E-state index in [1.807, 2.05) is 30.3 Å². The van der Waals surface area contributed by atoms with Crippen molar-refractivity contribution in [3.05, 3.63) is 71.5 Å². The number of carbonyl (C=O) groups excluding carboxylic acids is 1. The van der Waals surface area contributed by atoms with Gasteiger partial charge in [-0.3, -0.25) is 4.79 Å². The fourth-order valence-electron chi connectivity index (χ4n) is 3.00. The van der Waals surface area contributed by atoms with E-state index in [4.69, 9.17) is 5.73 Å². The number of nitrogens with two attached hydrogens (primary N) is 1. The zero-order valence-electron chi connectivity index (χ0n) is 12.3. The van der Waals surface area contributed by atoms with E-state index in [0.717, 1.165) is 5.56 Å². The van der Waals surface area contributed by atoms with Crippen LogP contribution in [-0.2, 0) is 11.2 Å². The number of benzene rings is 2. The van der Waals surface area contributed by atoms with E-state index in [0.29, 0.717) is 18.7 Å². The third-order valence-electron chi connectivity index (χ3n) is 4.25. The Morgan fingerprint density at radius 2 is 1.77 bits per heavy atom. The van der Waals surface area contributed by atoms with Gasteiger partial charge in [-0.05, 0) is 17.2 Å². The van der Waals surface area contributed by atoms with Crippen LogP contribution in [0.2, 0.25) is 0 Å². The first-order valence-corrected chi connectivity index (χ1v) is 7.47. The van der Waals surface area contributed by atoms with Crippen molar-refractivity contribution in [2.75, 3.05) is 13.1 Å². The Labute approximate surface area is 129 Å². The first-order chi connectivity index (χ1) is 10.6. The molecule has 114 valence electrons. The normalized spacial score (nSPS) is 21.1. The van der Waals surface area contributed by atoms with E-state index < -0.39 is 0 Å². The highest BCUT2D eigenvalue weighted by Gasteiger charge is 2.33. The molecule has 1 saturated heterocycles. The van der Waals surface area contributed by atoms with Crippen molar-refractivity contribution >= 4 is 5.91 Å². The Morgan fingerprint density at radius 1 is 1.09 bits per heavy atom. The SMILES string of the molecule is N[C@@H]1CN(C(=O)Cc2ccccc2F)C[C@H]1c1ccccc1. The molecule has 2 aromatic rings. The van der Waals surface area contributed by atoms with Gasteiger partial charge >= 0.3 is 0 Å². The predicted molar refractivity (Wildman–Crippen MR) is 83.8 cm³/mol. The minimum absolute atomic E-state index is 0.0704. The first kappa shape index (κ1) is 14.7. The molecule has 1 fully saturated rings. The van der Waals surface area contributed by atoms with Crippen molar-refractivity contribution in [3.63, 3.8) is 0 Å². The molecule has 1 heterocycles. The molecule has 0 unspecified atom stereocenters. The lowest BCUT2D eigenvalue weighted by atomic mass is 9.95. The molecule has 0 bridgehead atoms. The van der Waals surface area contributed by atoms with Gasteiger partial charge in [0.2, 0.25) is 5.91 Å². The highest BCUT2D eigenvalue weighted by atomic mass is 19.1. The third kappa shape index (κ3) is 3.02. The second-order valence-corrected chi connectivity index (χ2v) is 5.75. The second-order valence-electron chi connectivity index (χ2n) is 5.75. The lowest BCUT2D eigenvalue weighted by Gasteiger charge is -2.16. The van der Waals surface area contributed by atoms with Gasteiger partial charge in [0.1, 0.15) is 5.82 Å². The van der Waals surface area contributed by atoms with E-state index in [1.165, 1.54) is 6.07 Å². The number of rotatable bonds is 3. The van der Waals surface area contributed by atoms with Crippen molar-refractivity contribution in [1.29, 1.82) is 0 Å². The number of amides is 1. The molecule has 1 aliphatic rings. The minimum Gasteiger partial charge on any atom is -0.340 e. The molecule has 1 aliphatic heterocycles. The summed E-state index contributed by atoms with van der Waals surface area (Å²) in [6.07, 6.45) is 0.0842. The topological polar surface area (TPSA) is 46.3 Å². The maximum atomic E-state index is 13.7. The summed E-state index contributed by atoms with van der Waals surface area (Å²) < 4.78 is 13.7. The van der Waals surface area contributed by atoms with Gasteiger partial charge in [-0.25, -0.2) is 4.39 Å². The number of nitrogens with zero attached hydrogens (tertiary/aromatic N) is 1. The summed E-state index contributed by atoms with van der Waals surface area (Å²) in [6.45, 7) is 1.12. The molecule has 0 radical (unpaired) electrons. The maximum absolute atomic E-state index is 13.7. The van der Waals surface area contributed by atoms with Crippen LogP contribution >= 0.6 is 0 Å². The van der Waals surface area contributed by atoms with Gasteiger partial charge in [0.05, 0.1) is 6.42 Å². The molecule has 2 aromatic carbocycles. The summed E-state index contributed by atoms with van der Waals surface area (Å²) in [5.74, 6) is -0.260. The van der Waals surface area contributed by atoms with Crippen molar-refractivity contribution in [2.45, 2.75) is 18.4 Å². The first-order valence-electron chi connectivity index (χ1n) is 7.47. The van der Waals surface area contributed by atoms with Crippen LogP contribution in [0.4, 0.5) is 4.39 Å². The molecule has 3 nitrogen and oxygen atoms in total. The van der Waals surface area contributed by atoms with Crippen molar-refractivity contribution in [3.8, 4) is 0 Å². The van der Waals surface area contributed by atoms with Crippen LogP contribution in [-0.4, -0.2) is 29.9 Å². The Hall–Kier alpha value is -2.20. The molecule has 2 atom stereocenters. The number of carbonyl (C=O) groups is 1. The Morgan fingerprint density at radius 3 is 2.50 bits per heavy atom. The van der Waals surface area contributed by atoms with E-state index in [9.17, 15) is 9.18 Å². The van der Waals surface area contributed by atoms with Crippen molar-refractivity contribution in [1.82, 2.24) is 4.90 Å². The highest BCUT2D eigenvalue weighted by molar-refractivity contribution is 5.79. The van der Waals surface area contributed by atoms with Crippen LogP contribution in [0.3, 0.4) is 0 Å². The van der Waals surface area contributed by atoms with Crippen LogP contribution < -0.4 is 5.73 Å². The van der Waals surface area contributed by atoms with Crippen LogP contribution in [0.5, 0.6) is 0 Å². The van der Waals surface area contributed by atoms with Crippen LogP contribution in [0.15, 0.2) is 54.6 Å². The molecular weight excluding hydrogens is 279 g/mol. The van der Waals surface area contributed by atoms with Gasteiger partial charge in [-0.2, -0.15) is 0 Å². The van der Waals surface area contributed by atoms with E-state index in [2.05, 4.69) is 0 Å². The minimum atomic E-state index is -0.334. The van der Waals surface area contributed by atoms with Gasteiger partial charge in [0, 0.05) is 25.0 Å². The summed E-state index contributed by atoms with van der Waals surface area (Å²) in [7, 11) is 0. The molecular formula is C18H19FN2O. The maximum Gasteiger partial charge on any atom is 0.227 e. The molecule has 3 rings (SSSR count). The summed E-state index contributed by atoms with van der Waals surface area (Å²) in [6, 6.07) is 16.3. The number of likely N-dealkylation sites (tertiary alicyclic amines) is 1. The summed E-state index contributed by atoms with van der Waals surface area (Å²) in [4.78, 5) is 14.1. The van der Waals surface area contributed by atoms with Gasteiger partial charge in [0.25, 0.3) is 0 Å². The summed E-state index contributed by atoms with van der Waals surface area (Å²) in [5.41, 5.74) is 7.78. The monoisotopic (exact) mass is 298 g/mol. The Bertz CT molecular complexity index is 659. The molecule has 0 aromatic heterocycles. The van der Waals surface area contributed by atoms with E-state index in [1.54, 1.807) is 23.1 Å². The molecule has 0 aliphatic carbocycles. The van der Waals surface area contributed by atoms with Crippen molar-refractivity contribution in [2.24, 2.45) is 5.73 Å². The van der Waals surface area contributed by atoms with Crippen molar-refractivity contribution < 1.29 is 9.18 Å². The molecule has 22 heavy (non-hydrogen) atoms. The van der Waals surface area contributed by atoms with Gasteiger partial charge in [0.15, 0.2) is 0 Å². The van der Waals surface area contributed by atoms with Gasteiger partial charge in [-0.1, -0.05) is 48.5 Å². The molecule has 4 heteroatoms. The molecule has 0 saturated carbocycles. The second kappa shape index (κ2) is 6.28. The fourth-order valence-corrected chi connectivity index (χ4v) is 3.00. The van der Waals surface area contributed by atoms with Crippen LogP contribution in [0.1, 0.15) is 17.0 Å². The average molecular weight is 298 g/mol. The van der Waals surface area contributed by atoms with E-state index in [-0.39, 0.29) is 30.1 Å². The summed E-state index contributed by atoms with van der Waals surface area (Å²) in [5, 5.41) is 0. The van der Waals surface area contributed by atoms with E-state index >= 15 is 0 Å². The Balaban J connectivity index is 1.69.